The minimum atomic E-state index is -1.34. The molecular formula is C32H38N4O4. The fraction of sp³-hybridized carbons (Fsp3) is 0.375. The Morgan fingerprint density at radius 1 is 0.950 bits per heavy atom. The lowest BCUT2D eigenvalue weighted by Crippen LogP contribution is -2.35. The first-order valence-electron chi connectivity index (χ1n) is 14.1. The maximum Gasteiger partial charge on any atom is 0.511 e. The Labute approximate surface area is 235 Å². The van der Waals surface area contributed by atoms with E-state index >= 15 is 0 Å². The average molecular weight is 543 g/mol. The molecule has 0 aliphatic rings. The van der Waals surface area contributed by atoms with Crippen LogP contribution < -0.4 is 9.64 Å². The number of para-hydroxylation sites is 1. The first-order chi connectivity index (χ1) is 19.3. The van der Waals surface area contributed by atoms with E-state index in [0.717, 1.165) is 60.2 Å². The third kappa shape index (κ3) is 6.68. The van der Waals surface area contributed by atoms with Gasteiger partial charge in [-0.25, -0.2) is 14.8 Å². The van der Waals surface area contributed by atoms with Gasteiger partial charge in [0, 0.05) is 24.4 Å². The SMILES string of the molecule is CCCCc1nc2ccc(N(CCCC)C(=O)C(C)C)nc2n1Cc1ccc(-c2ccccc2OC(=O)O)cc1. The molecule has 0 saturated carbocycles. The van der Waals surface area contributed by atoms with Crippen LogP contribution >= 0.6 is 0 Å². The molecule has 0 unspecified atom stereocenters. The van der Waals surface area contributed by atoms with Crippen LogP contribution in [0.1, 0.15) is 64.8 Å². The predicted octanol–water partition coefficient (Wildman–Crippen LogP) is 7.34. The van der Waals surface area contributed by atoms with Gasteiger partial charge in [-0.05, 0) is 42.2 Å². The zero-order valence-corrected chi connectivity index (χ0v) is 23.8. The minimum Gasteiger partial charge on any atom is -0.449 e. The van der Waals surface area contributed by atoms with Gasteiger partial charge in [-0.15, -0.1) is 0 Å². The summed E-state index contributed by atoms with van der Waals surface area (Å²) < 4.78 is 7.13. The second kappa shape index (κ2) is 13.2. The Kier molecular flexibility index (Phi) is 9.53. The van der Waals surface area contributed by atoms with Gasteiger partial charge >= 0.3 is 6.16 Å². The van der Waals surface area contributed by atoms with E-state index in [1.54, 1.807) is 12.1 Å². The van der Waals surface area contributed by atoms with Gasteiger partial charge in [0.1, 0.15) is 22.9 Å². The Bertz CT molecular complexity index is 1460. The van der Waals surface area contributed by atoms with E-state index in [9.17, 15) is 9.59 Å². The van der Waals surface area contributed by atoms with Gasteiger partial charge < -0.3 is 14.4 Å². The van der Waals surface area contributed by atoms with Gasteiger partial charge in [0.25, 0.3) is 0 Å². The fourth-order valence-corrected chi connectivity index (χ4v) is 4.71. The van der Waals surface area contributed by atoms with Crippen LogP contribution in [0.3, 0.4) is 0 Å². The highest BCUT2D eigenvalue weighted by Crippen LogP contribution is 2.31. The second-order valence-electron chi connectivity index (χ2n) is 10.3. The number of fused-ring (bicyclic) bond motifs is 1. The van der Waals surface area contributed by atoms with Crippen LogP contribution in [0.2, 0.25) is 0 Å². The molecule has 0 spiro atoms. The topological polar surface area (TPSA) is 97.5 Å². The molecule has 0 aliphatic heterocycles. The van der Waals surface area contributed by atoms with Crippen molar-refractivity contribution in [3.8, 4) is 16.9 Å². The van der Waals surface area contributed by atoms with Crippen molar-refractivity contribution in [2.75, 3.05) is 11.4 Å². The highest BCUT2D eigenvalue weighted by atomic mass is 16.7. The molecule has 0 atom stereocenters. The van der Waals surface area contributed by atoms with E-state index in [1.807, 2.05) is 67.3 Å². The Hall–Kier alpha value is -4.20. The number of carboxylic acid groups (broad SMARTS) is 1. The summed E-state index contributed by atoms with van der Waals surface area (Å²) in [7, 11) is 0. The molecule has 40 heavy (non-hydrogen) atoms. The molecule has 8 heteroatoms. The van der Waals surface area contributed by atoms with Gasteiger partial charge in [0.05, 0.1) is 6.54 Å². The number of aromatic nitrogens is 3. The third-order valence-electron chi connectivity index (χ3n) is 6.87. The Morgan fingerprint density at radius 3 is 2.35 bits per heavy atom. The summed E-state index contributed by atoms with van der Waals surface area (Å²) in [5, 5.41) is 9.10. The van der Waals surface area contributed by atoms with Gasteiger partial charge in [0.2, 0.25) is 5.91 Å². The first-order valence-corrected chi connectivity index (χ1v) is 14.1. The van der Waals surface area contributed by atoms with Crippen LogP contribution in [0.15, 0.2) is 60.7 Å². The largest absolute Gasteiger partial charge is 0.511 e. The number of rotatable bonds is 12. The van der Waals surface area contributed by atoms with Crippen LogP contribution in [0.25, 0.3) is 22.3 Å². The molecule has 210 valence electrons. The number of aryl methyl sites for hydroxylation is 1. The molecule has 1 amide bonds. The van der Waals surface area contributed by atoms with Crippen LogP contribution in [0, 0.1) is 5.92 Å². The highest BCUT2D eigenvalue weighted by molar-refractivity contribution is 5.94. The summed E-state index contributed by atoms with van der Waals surface area (Å²) >= 11 is 0. The number of carbonyl (C=O) groups is 2. The lowest BCUT2D eigenvalue weighted by Gasteiger charge is -2.23. The van der Waals surface area contributed by atoms with E-state index in [2.05, 4.69) is 18.4 Å². The van der Waals surface area contributed by atoms with Crippen LogP contribution in [0.5, 0.6) is 5.75 Å². The average Bonchev–Trinajstić information content (AvgIpc) is 3.28. The van der Waals surface area contributed by atoms with Crippen LogP contribution in [-0.4, -0.2) is 38.2 Å². The van der Waals surface area contributed by atoms with Crippen molar-refractivity contribution < 1.29 is 19.4 Å². The minimum absolute atomic E-state index is 0.0697. The van der Waals surface area contributed by atoms with E-state index in [4.69, 9.17) is 19.8 Å². The maximum atomic E-state index is 13.1. The predicted molar refractivity (Wildman–Crippen MR) is 158 cm³/mol. The number of ether oxygens (including phenoxy) is 1. The number of carbonyl (C=O) groups excluding carboxylic acids is 1. The highest BCUT2D eigenvalue weighted by Gasteiger charge is 2.22. The van der Waals surface area contributed by atoms with Gasteiger partial charge in [0.15, 0.2) is 5.65 Å². The molecule has 0 bridgehead atoms. The van der Waals surface area contributed by atoms with Crippen molar-refractivity contribution in [2.24, 2.45) is 5.92 Å². The van der Waals surface area contributed by atoms with Crippen LogP contribution in [-0.2, 0) is 17.8 Å². The molecule has 2 aromatic heterocycles. The van der Waals surface area contributed by atoms with Crippen molar-refractivity contribution in [3.05, 3.63) is 72.1 Å². The molecule has 0 aliphatic carbocycles. The fourth-order valence-electron chi connectivity index (χ4n) is 4.71. The molecule has 0 fully saturated rings. The van der Waals surface area contributed by atoms with Crippen molar-refractivity contribution in [1.29, 1.82) is 0 Å². The third-order valence-corrected chi connectivity index (χ3v) is 6.87. The maximum absolute atomic E-state index is 13.1. The summed E-state index contributed by atoms with van der Waals surface area (Å²) in [4.78, 5) is 35.9. The van der Waals surface area contributed by atoms with E-state index < -0.39 is 6.16 Å². The van der Waals surface area contributed by atoms with Crippen molar-refractivity contribution >= 4 is 29.0 Å². The molecule has 2 aromatic carbocycles. The zero-order chi connectivity index (χ0) is 28.6. The summed E-state index contributed by atoms with van der Waals surface area (Å²) in [5.74, 6) is 1.88. The number of pyridine rings is 1. The normalized spacial score (nSPS) is 11.2. The van der Waals surface area contributed by atoms with Gasteiger partial charge in [-0.2, -0.15) is 0 Å². The molecule has 8 nitrogen and oxygen atoms in total. The summed E-state index contributed by atoms with van der Waals surface area (Å²) in [6.45, 7) is 9.33. The van der Waals surface area contributed by atoms with Gasteiger partial charge in [-0.3, -0.25) is 9.69 Å². The standard InChI is InChI=1S/C32H38N4O4/c1-5-7-13-28-33-26-18-19-29(35(20-8-6-2)31(37)22(3)4)34-30(26)36(28)21-23-14-16-24(17-15-23)25-11-9-10-12-27(25)40-32(38)39/h9-12,14-19,22H,5-8,13,20-21H2,1-4H3,(H,38,39). The lowest BCUT2D eigenvalue weighted by molar-refractivity contribution is -0.121. The number of amides is 1. The van der Waals surface area contributed by atoms with E-state index in [0.29, 0.717) is 30.2 Å². The number of imidazole rings is 1. The van der Waals surface area contributed by atoms with Crippen molar-refractivity contribution in [2.45, 2.75) is 66.3 Å². The number of benzene rings is 2. The Balaban J connectivity index is 1.70. The monoisotopic (exact) mass is 542 g/mol. The molecule has 0 radical (unpaired) electrons. The smallest absolute Gasteiger partial charge is 0.449 e. The van der Waals surface area contributed by atoms with E-state index in [-0.39, 0.29) is 11.8 Å². The molecule has 1 N–H and O–H groups in total. The Morgan fingerprint density at radius 2 is 1.68 bits per heavy atom. The van der Waals surface area contributed by atoms with Crippen LogP contribution in [0.4, 0.5) is 10.6 Å². The van der Waals surface area contributed by atoms with Crippen molar-refractivity contribution in [1.82, 2.24) is 14.5 Å². The lowest BCUT2D eigenvalue weighted by atomic mass is 10.0. The molecule has 0 saturated heterocycles. The number of hydrogen-bond acceptors (Lipinski definition) is 5. The zero-order valence-electron chi connectivity index (χ0n) is 23.8. The quantitative estimate of drug-likeness (QED) is 0.149. The van der Waals surface area contributed by atoms with E-state index in [1.165, 1.54) is 0 Å². The molecule has 4 aromatic rings. The first kappa shape index (κ1) is 28.8. The summed E-state index contributed by atoms with van der Waals surface area (Å²) in [6.07, 6.45) is 3.47. The molecular weight excluding hydrogens is 504 g/mol. The second-order valence-corrected chi connectivity index (χ2v) is 10.3. The summed E-state index contributed by atoms with van der Waals surface area (Å²) in [6, 6.07) is 19.0. The van der Waals surface area contributed by atoms with Gasteiger partial charge in [-0.1, -0.05) is 83.0 Å². The number of anilines is 1. The number of unbranched alkanes of at least 4 members (excludes halogenated alkanes) is 2. The summed E-state index contributed by atoms with van der Waals surface area (Å²) in [5.41, 5.74) is 4.22. The molecule has 2 heterocycles. The number of nitrogens with zero attached hydrogens (tertiary/aromatic N) is 4. The molecule has 4 rings (SSSR count). The van der Waals surface area contributed by atoms with Crippen molar-refractivity contribution in [3.63, 3.8) is 0 Å². The number of hydrogen-bond donors (Lipinski definition) is 1.